The Balaban J connectivity index is 2.23. The van der Waals surface area contributed by atoms with E-state index in [1.54, 1.807) is 0 Å². The van der Waals surface area contributed by atoms with E-state index >= 15 is 0 Å². The second kappa shape index (κ2) is 8.26. The monoisotopic (exact) mass is 379 g/mol. The molecule has 1 amide bonds. The second-order valence-corrected chi connectivity index (χ2v) is 7.09. The minimum Gasteiger partial charge on any atom is -0.768 e. The fraction of sp³-hybridized carbons (Fsp3) is 0.0952. The number of nitrogens with two attached hydrogens (primary N) is 2. The molecule has 3 rings (SSSR count). The van der Waals surface area contributed by atoms with E-state index in [2.05, 4.69) is 0 Å². The van der Waals surface area contributed by atoms with Crippen molar-refractivity contribution in [1.82, 2.24) is 0 Å². The third-order valence-corrected chi connectivity index (χ3v) is 5.24. The normalized spacial score (nSPS) is 14.3. The van der Waals surface area contributed by atoms with Crippen molar-refractivity contribution < 1.29 is 13.6 Å². The maximum Gasteiger partial charge on any atom is 0.248 e. The van der Waals surface area contributed by atoms with Gasteiger partial charge in [-0.2, -0.15) is 0 Å². The average Bonchev–Trinajstić information content (AvgIpc) is 2.69. The Morgan fingerprint density at radius 3 is 1.96 bits per heavy atom. The molecule has 0 radical (unpaired) electrons. The van der Waals surface area contributed by atoms with E-state index in [9.17, 15) is 13.6 Å². The van der Waals surface area contributed by atoms with Crippen LogP contribution in [0.2, 0.25) is 0 Å². The first-order valence-corrected chi connectivity index (χ1v) is 9.45. The number of primary amides is 1. The Morgan fingerprint density at radius 1 is 0.889 bits per heavy atom. The number of rotatable bonds is 6. The zero-order valence-electron chi connectivity index (χ0n) is 14.4. The summed E-state index contributed by atoms with van der Waals surface area (Å²) in [5.41, 5.74) is 14.4. The molecule has 5 nitrogen and oxygen atoms in total. The van der Waals surface area contributed by atoms with Gasteiger partial charge < -0.3 is 16.0 Å². The molecule has 3 aromatic carbocycles. The van der Waals surface area contributed by atoms with Gasteiger partial charge in [0, 0.05) is 22.4 Å². The standard InChI is InChI=1S/C21H20N2O3S/c22-20(15-9-5-2-6-10-15)19(14-7-3-1-4-8-14)17-13-16(21(23)24)11-12-18(17)27(25)26/h1-13,19-20H,22H2,(H2,23,24)(H,25,26)/p-1/t19-,20+/m1/s1. The summed E-state index contributed by atoms with van der Waals surface area (Å²) in [4.78, 5) is 11.8. The molecule has 0 saturated carbocycles. The quantitative estimate of drug-likeness (QED) is 0.642. The number of benzene rings is 3. The molecule has 3 aromatic rings. The van der Waals surface area contributed by atoms with Gasteiger partial charge in [0.05, 0.1) is 0 Å². The van der Waals surface area contributed by atoms with Crippen LogP contribution in [0.1, 0.15) is 39.0 Å². The van der Waals surface area contributed by atoms with Crippen LogP contribution >= 0.6 is 0 Å². The fourth-order valence-corrected chi connectivity index (χ4v) is 3.76. The molecule has 4 N–H and O–H groups in total. The Hall–Kier alpha value is -2.80. The lowest BCUT2D eigenvalue weighted by Gasteiger charge is -2.28. The molecular formula is C21H19N2O3S-. The molecule has 0 spiro atoms. The molecule has 0 aliphatic rings. The van der Waals surface area contributed by atoms with Crippen LogP contribution in [0.25, 0.3) is 0 Å². The molecule has 0 fully saturated rings. The summed E-state index contributed by atoms with van der Waals surface area (Å²) in [5, 5.41) is 0. The molecular weight excluding hydrogens is 360 g/mol. The zero-order valence-corrected chi connectivity index (χ0v) is 15.3. The highest BCUT2D eigenvalue weighted by molar-refractivity contribution is 7.79. The molecule has 0 aliphatic heterocycles. The van der Waals surface area contributed by atoms with Crippen LogP contribution in [0.3, 0.4) is 0 Å². The van der Waals surface area contributed by atoms with Crippen LogP contribution in [0.4, 0.5) is 0 Å². The minimum absolute atomic E-state index is 0.0974. The number of amides is 1. The van der Waals surface area contributed by atoms with Crippen molar-refractivity contribution in [2.45, 2.75) is 16.9 Å². The van der Waals surface area contributed by atoms with Crippen LogP contribution in [0, 0.1) is 0 Å². The third kappa shape index (κ3) is 4.14. The SMILES string of the molecule is NC(=O)c1ccc(S(=O)[O-])c([C@@H](c2ccccc2)[C@@H](N)c2ccccc2)c1. The summed E-state index contributed by atoms with van der Waals surface area (Å²) in [5.74, 6) is -1.10. The summed E-state index contributed by atoms with van der Waals surface area (Å²) >= 11 is -2.49. The van der Waals surface area contributed by atoms with Crippen molar-refractivity contribution in [1.29, 1.82) is 0 Å². The van der Waals surface area contributed by atoms with Crippen molar-refractivity contribution >= 4 is 17.0 Å². The first kappa shape index (κ1) is 19.0. The molecule has 0 aliphatic carbocycles. The van der Waals surface area contributed by atoms with Crippen molar-refractivity contribution in [3.05, 3.63) is 101 Å². The molecule has 0 heterocycles. The Kier molecular flexibility index (Phi) is 5.81. The van der Waals surface area contributed by atoms with E-state index in [1.807, 2.05) is 60.7 Å². The van der Waals surface area contributed by atoms with Crippen molar-refractivity contribution in [2.75, 3.05) is 0 Å². The van der Waals surface area contributed by atoms with Gasteiger partial charge in [0.2, 0.25) is 5.91 Å². The molecule has 1 unspecified atom stereocenters. The van der Waals surface area contributed by atoms with Crippen LogP contribution in [-0.2, 0) is 11.1 Å². The molecule has 6 heteroatoms. The van der Waals surface area contributed by atoms with Gasteiger partial charge >= 0.3 is 0 Å². The van der Waals surface area contributed by atoms with E-state index in [0.29, 0.717) is 5.56 Å². The van der Waals surface area contributed by atoms with Gasteiger partial charge in [0.15, 0.2) is 0 Å². The van der Waals surface area contributed by atoms with Gasteiger partial charge in [0.1, 0.15) is 0 Å². The van der Waals surface area contributed by atoms with E-state index in [1.165, 1.54) is 18.2 Å². The highest BCUT2D eigenvalue weighted by Crippen LogP contribution is 2.38. The predicted octanol–water partition coefficient (Wildman–Crippen LogP) is 2.86. The van der Waals surface area contributed by atoms with Gasteiger partial charge in [-0.1, -0.05) is 60.7 Å². The van der Waals surface area contributed by atoms with E-state index in [0.717, 1.165) is 11.1 Å². The van der Waals surface area contributed by atoms with E-state index < -0.39 is 28.9 Å². The molecule has 0 saturated heterocycles. The van der Waals surface area contributed by atoms with Gasteiger partial charge in [-0.25, -0.2) is 0 Å². The lowest BCUT2D eigenvalue weighted by Crippen LogP contribution is -2.23. The van der Waals surface area contributed by atoms with E-state index in [-0.39, 0.29) is 10.5 Å². The molecule has 27 heavy (non-hydrogen) atoms. The maximum atomic E-state index is 11.8. The Labute approximate surface area is 160 Å². The van der Waals surface area contributed by atoms with Crippen LogP contribution in [0.15, 0.2) is 83.8 Å². The summed E-state index contributed by atoms with van der Waals surface area (Å²) in [6, 6.07) is 22.6. The average molecular weight is 379 g/mol. The van der Waals surface area contributed by atoms with Gasteiger partial charge in [-0.05, 0) is 46.0 Å². The summed E-state index contributed by atoms with van der Waals surface area (Å²) in [6.07, 6.45) is 0. The van der Waals surface area contributed by atoms with Crippen molar-refractivity contribution in [3.8, 4) is 0 Å². The third-order valence-electron chi connectivity index (χ3n) is 4.51. The number of carbonyl (C=O) groups is 1. The first-order chi connectivity index (χ1) is 13.0. The second-order valence-electron chi connectivity index (χ2n) is 6.18. The highest BCUT2D eigenvalue weighted by atomic mass is 32.2. The van der Waals surface area contributed by atoms with Crippen LogP contribution in [-0.4, -0.2) is 14.7 Å². The number of hydrogen-bond acceptors (Lipinski definition) is 4. The molecule has 3 atom stereocenters. The summed E-state index contributed by atoms with van der Waals surface area (Å²) in [6.45, 7) is 0. The number of carbonyl (C=O) groups excluding carboxylic acids is 1. The van der Waals surface area contributed by atoms with Gasteiger partial charge in [-0.15, -0.1) is 0 Å². The Morgan fingerprint density at radius 2 is 1.44 bits per heavy atom. The lowest BCUT2D eigenvalue weighted by atomic mass is 9.81. The molecule has 0 aromatic heterocycles. The van der Waals surface area contributed by atoms with Gasteiger partial charge in [-0.3, -0.25) is 9.00 Å². The maximum absolute atomic E-state index is 11.8. The fourth-order valence-electron chi connectivity index (χ4n) is 3.20. The topological polar surface area (TPSA) is 109 Å². The summed E-state index contributed by atoms with van der Waals surface area (Å²) < 4.78 is 23.7. The summed E-state index contributed by atoms with van der Waals surface area (Å²) in [7, 11) is 0. The van der Waals surface area contributed by atoms with Crippen molar-refractivity contribution in [3.63, 3.8) is 0 Å². The number of hydrogen-bond donors (Lipinski definition) is 2. The molecule has 138 valence electrons. The van der Waals surface area contributed by atoms with Crippen LogP contribution in [0.5, 0.6) is 0 Å². The largest absolute Gasteiger partial charge is 0.768 e. The van der Waals surface area contributed by atoms with Crippen molar-refractivity contribution in [2.24, 2.45) is 11.5 Å². The van der Waals surface area contributed by atoms with Gasteiger partial charge in [0.25, 0.3) is 0 Å². The Bertz CT molecular complexity index is 962. The van der Waals surface area contributed by atoms with E-state index in [4.69, 9.17) is 11.5 Å². The smallest absolute Gasteiger partial charge is 0.248 e. The first-order valence-electron chi connectivity index (χ1n) is 8.37. The molecule has 0 bridgehead atoms. The minimum atomic E-state index is -2.49. The highest BCUT2D eigenvalue weighted by Gasteiger charge is 2.26. The van der Waals surface area contributed by atoms with Crippen LogP contribution < -0.4 is 11.5 Å². The zero-order chi connectivity index (χ0) is 19.4. The predicted molar refractivity (Wildman–Crippen MR) is 104 cm³/mol. The lowest BCUT2D eigenvalue weighted by molar-refractivity contribution is 0.1000.